The van der Waals surface area contributed by atoms with Gasteiger partial charge in [-0.3, -0.25) is 4.79 Å². The van der Waals surface area contributed by atoms with Crippen LogP contribution in [0.5, 0.6) is 0 Å². The molecule has 6 N–H and O–H groups in total. The largest absolute Gasteiger partial charge is 0.394 e. The molecule has 0 spiro atoms. The molecule has 9 heteroatoms. The molecule has 1 saturated heterocycles. The van der Waals surface area contributed by atoms with Gasteiger partial charge in [0, 0.05) is 6.42 Å². The molecule has 0 saturated carbocycles. The Balaban J connectivity index is 1.92. The summed E-state index contributed by atoms with van der Waals surface area (Å²) in [6, 6.07) is -0.712. The van der Waals surface area contributed by atoms with Crippen LogP contribution in [-0.4, -0.2) is 87.5 Å². The van der Waals surface area contributed by atoms with Crippen molar-refractivity contribution in [2.45, 2.75) is 352 Å². The first kappa shape index (κ1) is 67.7. The number of carbonyl (C=O) groups is 1. The SMILES string of the molecule is CCCCCCC/C=C\C/C=C\CCCCCCCCCCCCCCCCCCCCCCCCCCCCCCCC(=O)NC(COC1OC(CO)C(O)C(O)C1O)C(O)CCCCCCCCC. The van der Waals surface area contributed by atoms with E-state index in [2.05, 4.69) is 43.5 Å². The third-order valence-electron chi connectivity index (χ3n) is 15.1. The molecular formula is C62H119NO8. The van der Waals surface area contributed by atoms with Gasteiger partial charge in [0.15, 0.2) is 6.29 Å². The zero-order valence-corrected chi connectivity index (χ0v) is 46.8. The number of aliphatic hydroxyl groups excluding tert-OH is 5. The lowest BCUT2D eigenvalue weighted by Crippen LogP contribution is -2.60. The van der Waals surface area contributed by atoms with Crippen LogP contribution in [0.1, 0.15) is 309 Å². The van der Waals surface area contributed by atoms with E-state index in [0.29, 0.717) is 12.8 Å². The molecule has 0 bridgehead atoms. The summed E-state index contributed by atoms with van der Waals surface area (Å²) < 4.78 is 11.2. The number of allylic oxidation sites excluding steroid dienone is 4. The minimum atomic E-state index is -1.55. The van der Waals surface area contributed by atoms with Crippen molar-refractivity contribution in [1.82, 2.24) is 5.32 Å². The monoisotopic (exact) mass is 1010 g/mol. The predicted molar refractivity (Wildman–Crippen MR) is 300 cm³/mol. The van der Waals surface area contributed by atoms with Crippen LogP contribution in [0, 0.1) is 0 Å². The third-order valence-corrected chi connectivity index (χ3v) is 15.1. The molecule has 1 amide bonds. The second kappa shape index (κ2) is 52.1. The number of rotatable bonds is 54. The second-order valence-electron chi connectivity index (χ2n) is 21.9. The van der Waals surface area contributed by atoms with Gasteiger partial charge in [-0.2, -0.15) is 0 Å². The van der Waals surface area contributed by atoms with Crippen molar-refractivity contribution >= 4 is 5.91 Å². The van der Waals surface area contributed by atoms with Gasteiger partial charge in [-0.1, -0.05) is 282 Å². The van der Waals surface area contributed by atoms with E-state index in [9.17, 15) is 30.3 Å². The number of carbonyl (C=O) groups excluding carboxylic acids is 1. The van der Waals surface area contributed by atoms with Gasteiger partial charge in [0.05, 0.1) is 25.4 Å². The molecule has 71 heavy (non-hydrogen) atoms. The van der Waals surface area contributed by atoms with E-state index in [-0.39, 0.29) is 12.5 Å². The Bertz CT molecular complexity index is 1170. The van der Waals surface area contributed by atoms with Crippen molar-refractivity contribution in [3.63, 3.8) is 0 Å². The van der Waals surface area contributed by atoms with Gasteiger partial charge in [0.25, 0.3) is 0 Å². The van der Waals surface area contributed by atoms with E-state index in [4.69, 9.17) is 9.47 Å². The standard InChI is InChI=1S/C62H119NO8/c1-3-5-7-9-11-12-13-14-15-16-17-18-19-20-21-22-23-24-25-26-27-28-29-30-31-32-33-34-35-36-37-38-39-40-41-42-43-44-46-48-50-52-58(66)63-55(56(65)51-49-47-45-10-8-6-4-2)54-70-62-61(69)60(68)59(67)57(53-64)71-62/h13-14,16-17,55-57,59-62,64-65,67-69H,3-12,15,18-54H2,1-2H3,(H,63,66)/b14-13-,17-16-. The molecule has 1 heterocycles. The van der Waals surface area contributed by atoms with Crippen LogP contribution in [0.4, 0.5) is 0 Å². The zero-order chi connectivity index (χ0) is 51.5. The summed E-state index contributed by atoms with van der Waals surface area (Å²) >= 11 is 0. The van der Waals surface area contributed by atoms with Gasteiger partial charge < -0.3 is 40.3 Å². The highest BCUT2D eigenvalue weighted by molar-refractivity contribution is 5.76. The number of aliphatic hydroxyl groups is 5. The normalized spacial score (nSPS) is 19.3. The lowest BCUT2D eigenvalue weighted by Gasteiger charge is -2.40. The van der Waals surface area contributed by atoms with Gasteiger partial charge in [-0.25, -0.2) is 0 Å². The molecule has 0 radical (unpaired) electrons. The molecule has 1 fully saturated rings. The molecule has 1 rings (SSSR count). The molecular weight excluding hydrogens is 887 g/mol. The first-order chi connectivity index (χ1) is 34.8. The van der Waals surface area contributed by atoms with Gasteiger partial charge >= 0.3 is 0 Å². The smallest absolute Gasteiger partial charge is 0.220 e. The Hall–Kier alpha value is -1.33. The van der Waals surface area contributed by atoms with E-state index in [1.54, 1.807) is 0 Å². The molecule has 1 aliphatic heterocycles. The first-order valence-electron chi connectivity index (χ1n) is 31.0. The number of amides is 1. The Labute approximate surface area is 439 Å². The summed E-state index contributed by atoms with van der Waals surface area (Å²) in [5, 5.41) is 54.2. The minimum Gasteiger partial charge on any atom is -0.394 e. The molecule has 9 nitrogen and oxygen atoms in total. The molecule has 0 aromatic rings. The quantitative estimate of drug-likeness (QED) is 0.0261. The highest BCUT2D eigenvalue weighted by Gasteiger charge is 2.44. The molecule has 0 aliphatic carbocycles. The summed E-state index contributed by atoms with van der Waals surface area (Å²) in [6.45, 7) is 3.79. The topological polar surface area (TPSA) is 149 Å². The van der Waals surface area contributed by atoms with E-state index in [1.807, 2.05) is 0 Å². The van der Waals surface area contributed by atoms with Crippen LogP contribution < -0.4 is 5.32 Å². The van der Waals surface area contributed by atoms with Crippen LogP contribution in [-0.2, 0) is 14.3 Å². The lowest BCUT2D eigenvalue weighted by molar-refractivity contribution is -0.302. The molecule has 0 aromatic carbocycles. The minimum absolute atomic E-state index is 0.134. The lowest BCUT2D eigenvalue weighted by atomic mass is 9.99. The van der Waals surface area contributed by atoms with Crippen molar-refractivity contribution < 1.29 is 39.8 Å². The summed E-state index contributed by atoms with van der Waals surface area (Å²) in [6.07, 6.45) is 60.1. The van der Waals surface area contributed by atoms with Gasteiger partial charge in [0.2, 0.25) is 5.91 Å². The summed E-state index contributed by atoms with van der Waals surface area (Å²) in [5.74, 6) is -0.143. The van der Waals surface area contributed by atoms with Crippen LogP contribution in [0.2, 0.25) is 0 Å². The van der Waals surface area contributed by atoms with Crippen LogP contribution in [0.3, 0.4) is 0 Å². The zero-order valence-electron chi connectivity index (χ0n) is 46.8. The van der Waals surface area contributed by atoms with Gasteiger partial charge in [-0.15, -0.1) is 0 Å². The number of hydrogen-bond donors (Lipinski definition) is 6. The Morgan fingerprint density at radius 1 is 0.479 bits per heavy atom. The first-order valence-corrected chi connectivity index (χ1v) is 31.0. The highest BCUT2D eigenvalue weighted by Crippen LogP contribution is 2.23. The Morgan fingerprint density at radius 3 is 1.21 bits per heavy atom. The van der Waals surface area contributed by atoms with Crippen molar-refractivity contribution in [3.05, 3.63) is 24.3 Å². The summed E-state index contributed by atoms with van der Waals surface area (Å²) in [4.78, 5) is 13.0. The average molecular weight is 1010 g/mol. The molecule has 0 aromatic heterocycles. The van der Waals surface area contributed by atoms with Gasteiger partial charge in [0.1, 0.15) is 24.4 Å². The fourth-order valence-electron chi connectivity index (χ4n) is 10.1. The number of nitrogens with one attached hydrogen (secondary N) is 1. The summed E-state index contributed by atoms with van der Waals surface area (Å²) in [7, 11) is 0. The molecule has 7 atom stereocenters. The van der Waals surface area contributed by atoms with Crippen LogP contribution in [0.15, 0.2) is 24.3 Å². The van der Waals surface area contributed by atoms with Gasteiger partial charge in [-0.05, 0) is 44.9 Å². The number of hydrogen-bond acceptors (Lipinski definition) is 8. The van der Waals surface area contributed by atoms with Crippen molar-refractivity contribution in [3.8, 4) is 0 Å². The van der Waals surface area contributed by atoms with E-state index < -0.39 is 49.5 Å². The molecule has 7 unspecified atom stereocenters. The highest BCUT2D eigenvalue weighted by atomic mass is 16.7. The van der Waals surface area contributed by atoms with E-state index >= 15 is 0 Å². The number of ether oxygens (including phenoxy) is 2. The fraction of sp³-hybridized carbons (Fsp3) is 0.919. The van der Waals surface area contributed by atoms with E-state index in [1.165, 1.54) is 238 Å². The van der Waals surface area contributed by atoms with Crippen LogP contribution in [0.25, 0.3) is 0 Å². The maximum atomic E-state index is 13.0. The maximum absolute atomic E-state index is 13.0. The van der Waals surface area contributed by atoms with E-state index in [0.717, 1.165) is 44.9 Å². The average Bonchev–Trinajstić information content (AvgIpc) is 3.37. The second-order valence-corrected chi connectivity index (χ2v) is 21.9. The Kier molecular flexibility index (Phi) is 49.7. The molecule has 420 valence electrons. The van der Waals surface area contributed by atoms with Crippen molar-refractivity contribution in [2.75, 3.05) is 13.2 Å². The Morgan fingerprint density at radius 2 is 0.831 bits per heavy atom. The molecule has 1 aliphatic rings. The third kappa shape index (κ3) is 41.6. The van der Waals surface area contributed by atoms with Crippen molar-refractivity contribution in [2.24, 2.45) is 0 Å². The summed E-state index contributed by atoms with van der Waals surface area (Å²) in [5.41, 5.74) is 0. The predicted octanol–water partition coefficient (Wildman–Crippen LogP) is 15.7. The maximum Gasteiger partial charge on any atom is 0.220 e. The van der Waals surface area contributed by atoms with Crippen LogP contribution >= 0.6 is 0 Å². The fourth-order valence-corrected chi connectivity index (χ4v) is 10.1. The van der Waals surface area contributed by atoms with Crippen molar-refractivity contribution in [1.29, 1.82) is 0 Å². The number of unbranched alkanes of at least 4 members (excludes halogenated alkanes) is 40.